The SMILES string of the molecule is Cc1ccc(NC(=O)c2ccc(N)cc2N)cn1. The minimum atomic E-state index is -0.279. The molecule has 5 nitrogen and oxygen atoms in total. The maximum Gasteiger partial charge on any atom is 0.257 e. The highest BCUT2D eigenvalue weighted by atomic mass is 16.1. The van der Waals surface area contributed by atoms with Crippen LogP contribution in [0, 0.1) is 6.92 Å². The number of carbonyl (C=O) groups excluding carboxylic acids is 1. The first-order chi connectivity index (χ1) is 8.56. The molecule has 0 radical (unpaired) electrons. The fraction of sp³-hybridized carbons (Fsp3) is 0.0769. The number of anilines is 3. The van der Waals surface area contributed by atoms with E-state index in [4.69, 9.17) is 11.5 Å². The van der Waals surface area contributed by atoms with Crippen LogP contribution in [0.3, 0.4) is 0 Å². The van der Waals surface area contributed by atoms with Crippen LogP contribution in [-0.4, -0.2) is 10.9 Å². The third-order valence-electron chi connectivity index (χ3n) is 2.49. The van der Waals surface area contributed by atoms with E-state index in [2.05, 4.69) is 10.3 Å². The summed E-state index contributed by atoms with van der Waals surface area (Å²) >= 11 is 0. The topological polar surface area (TPSA) is 94.0 Å². The zero-order chi connectivity index (χ0) is 13.1. The zero-order valence-corrected chi connectivity index (χ0v) is 9.97. The lowest BCUT2D eigenvalue weighted by Gasteiger charge is -2.08. The smallest absolute Gasteiger partial charge is 0.257 e. The second-order valence-electron chi connectivity index (χ2n) is 3.99. The molecule has 1 aromatic heterocycles. The Labute approximate surface area is 105 Å². The summed E-state index contributed by atoms with van der Waals surface area (Å²) in [6.07, 6.45) is 1.60. The zero-order valence-electron chi connectivity index (χ0n) is 9.97. The van der Waals surface area contributed by atoms with E-state index < -0.39 is 0 Å². The standard InChI is InChI=1S/C13H14N4O/c1-8-2-4-10(7-16-8)17-13(18)11-5-3-9(14)6-12(11)15/h2-7H,14-15H2,1H3,(H,17,18). The fourth-order valence-electron chi connectivity index (χ4n) is 1.53. The van der Waals surface area contributed by atoms with Gasteiger partial charge in [-0.1, -0.05) is 0 Å². The number of carbonyl (C=O) groups is 1. The minimum absolute atomic E-state index is 0.279. The van der Waals surface area contributed by atoms with Crippen molar-refractivity contribution in [3.8, 4) is 0 Å². The normalized spacial score (nSPS) is 10.1. The molecule has 1 amide bonds. The number of hydrogen-bond acceptors (Lipinski definition) is 4. The molecular formula is C13H14N4O. The largest absolute Gasteiger partial charge is 0.399 e. The van der Waals surface area contributed by atoms with Gasteiger partial charge in [-0.25, -0.2) is 0 Å². The number of nitrogens with one attached hydrogen (secondary N) is 1. The van der Waals surface area contributed by atoms with Crippen LogP contribution < -0.4 is 16.8 Å². The number of nitrogens with zero attached hydrogens (tertiary/aromatic N) is 1. The predicted molar refractivity (Wildman–Crippen MR) is 72.2 cm³/mol. The van der Waals surface area contributed by atoms with Gasteiger partial charge in [-0.2, -0.15) is 0 Å². The van der Waals surface area contributed by atoms with Gasteiger partial charge in [0, 0.05) is 17.1 Å². The van der Waals surface area contributed by atoms with Crippen LogP contribution in [0.5, 0.6) is 0 Å². The summed E-state index contributed by atoms with van der Waals surface area (Å²) in [5, 5.41) is 2.72. The van der Waals surface area contributed by atoms with Gasteiger partial charge in [0.05, 0.1) is 17.4 Å². The molecule has 1 heterocycles. The number of aryl methyl sites for hydroxylation is 1. The van der Waals surface area contributed by atoms with Crippen molar-refractivity contribution in [2.45, 2.75) is 6.92 Å². The third-order valence-corrected chi connectivity index (χ3v) is 2.49. The second-order valence-corrected chi connectivity index (χ2v) is 3.99. The molecule has 1 aromatic carbocycles. The molecule has 92 valence electrons. The monoisotopic (exact) mass is 242 g/mol. The number of nitrogen functional groups attached to an aromatic ring is 2. The van der Waals surface area contributed by atoms with Gasteiger partial charge in [0.2, 0.25) is 0 Å². The molecule has 5 N–H and O–H groups in total. The Kier molecular flexibility index (Phi) is 3.14. The van der Waals surface area contributed by atoms with Gasteiger partial charge >= 0.3 is 0 Å². The lowest BCUT2D eigenvalue weighted by Crippen LogP contribution is -2.14. The predicted octanol–water partition coefficient (Wildman–Crippen LogP) is 1.81. The van der Waals surface area contributed by atoms with Crippen LogP contribution in [-0.2, 0) is 0 Å². The Balaban J connectivity index is 2.19. The van der Waals surface area contributed by atoms with E-state index in [1.54, 1.807) is 30.5 Å². The van der Waals surface area contributed by atoms with E-state index in [1.165, 1.54) is 0 Å². The average molecular weight is 242 g/mol. The quantitative estimate of drug-likeness (QED) is 0.700. The average Bonchev–Trinajstić information content (AvgIpc) is 2.32. The van der Waals surface area contributed by atoms with Crippen molar-refractivity contribution >= 4 is 23.0 Å². The van der Waals surface area contributed by atoms with Crippen molar-refractivity contribution in [2.24, 2.45) is 0 Å². The number of pyridine rings is 1. The molecular weight excluding hydrogens is 228 g/mol. The molecule has 0 fully saturated rings. The molecule has 0 bridgehead atoms. The molecule has 5 heteroatoms. The number of nitrogens with two attached hydrogens (primary N) is 2. The van der Waals surface area contributed by atoms with Crippen LogP contribution in [0.1, 0.15) is 16.1 Å². The molecule has 0 saturated carbocycles. The van der Waals surface area contributed by atoms with Gasteiger partial charge in [0.25, 0.3) is 5.91 Å². The summed E-state index contributed by atoms with van der Waals surface area (Å²) in [5.41, 5.74) is 14.1. The molecule has 0 aliphatic carbocycles. The van der Waals surface area contributed by atoms with Crippen molar-refractivity contribution in [2.75, 3.05) is 16.8 Å². The molecule has 2 aromatic rings. The van der Waals surface area contributed by atoms with Gasteiger partial charge in [-0.05, 0) is 37.3 Å². The number of benzene rings is 1. The Morgan fingerprint density at radius 2 is 2.00 bits per heavy atom. The maximum absolute atomic E-state index is 12.0. The maximum atomic E-state index is 12.0. The fourth-order valence-corrected chi connectivity index (χ4v) is 1.53. The van der Waals surface area contributed by atoms with Crippen LogP contribution in [0.4, 0.5) is 17.1 Å². The van der Waals surface area contributed by atoms with Crippen molar-refractivity contribution in [3.05, 3.63) is 47.8 Å². The van der Waals surface area contributed by atoms with E-state index in [-0.39, 0.29) is 5.91 Å². The number of amides is 1. The minimum Gasteiger partial charge on any atom is -0.399 e. The number of rotatable bonds is 2. The van der Waals surface area contributed by atoms with E-state index in [9.17, 15) is 4.79 Å². The van der Waals surface area contributed by atoms with E-state index in [1.807, 2.05) is 13.0 Å². The van der Waals surface area contributed by atoms with Gasteiger partial charge < -0.3 is 16.8 Å². The van der Waals surface area contributed by atoms with Crippen LogP contribution in [0.25, 0.3) is 0 Å². The van der Waals surface area contributed by atoms with Gasteiger partial charge in [-0.15, -0.1) is 0 Å². The lowest BCUT2D eigenvalue weighted by molar-refractivity contribution is 0.102. The lowest BCUT2D eigenvalue weighted by atomic mass is 10.1. The summed E-state index contributed by atoms with van der Waals surface area (Å²) < 4.78 is 0. The first kappa shape index (κ1) is 11.9. The summed E-state index contributed by atoms with van der Waals surface area (Å²) in [6.45, 7) is 1.88. The second kappa shape index (κ2) is 4.75. The molecule has 0 saturated heterocycles. The summed E-state index contributed by atoms with van der Waals surface area (Å²) in [5.74, 6) is -0.279. The Morgan fingerprint density at radius 1 is 1.22 bits per heavy atom. The third kappa shape index (κ3) is 2.57. The highest BCUT2D eigenvalue weighted by Gasteiger charge is 2.10. The van der Waals surface area contributed by atoms with Crippen molar-refractivity contribution < 1.29 is 4.79 Å². The summed E-state index contributed by atoms with van der Waals surface area (Å²) in [4.78, 5) is 16.1. The highest BCUT2D eigenvalue weighted by Crippen LogP contribution is 2.17. The van der Waals surface area contributed by atoms with Gasteiger partial charge in [0.15, 0.2) is 0 Å². The van der Waals surface area contributed by atoms with Crippen molar-refractivity contribution in [3.63, 3.8) is 0 Å². The van der Waals surface area contributed by atoms with Crippen LogP contribution in [0.15, 0.2) is 36.5 Å². The number of hydrogen-bond donors (Lipinski definition) is 3. The first-order valence-electron chi connectivity index (χ1n) is 5.45. The number of aromatic nitrogens is 1. The molecule has 0 spiro atoms. The van der Waals surface area contributed by atoms with Gasteiger partial charge in [0.1, 0.15) is 0 Å². The highest BCUT2D eigenvalue weighted by molar-refractivity contribution is 6.07. The Hall–Kier alpha value is -2.56. The molecule has 0 aliphatic rings. The van der Waals surface area contributed by atoms with Gasteiger partial charge in [-0.3, -0.25) is 9.78 Å². The Bertz CT molecular complexity index is 578. The molecule has 0 atom stereocenters. The van der Waals surface area contributed by atoms with Crippen molar-refractivity contribution in [1.82, 2.24) is 4.98 Å². The molecule has 2 rings (SSSR count). The van der Waals surface area contributed by atoms with Crippen LogP contribution >= 0.6 is 0 Å². The van der Waals surface area contributed by atoms with Crippen LogP contribution in [0.2, 0.25) is 0 Å². The molecule has 18 heavy (non-hydrogen) atoms. The molecule has 0 aliphatic heterocycles. The van der Waals surface area contributed by atoms with Crippen molar-refractivity contribution in [1.29, 1.82) is 0 Å². The molecule has 0 unspecified atom stereocenters. The summed E-state index contributed by atoms with van der Waals surface area (Å²) in [7, 11) is 0. The first-order valence-corrected chi connectivity index (χ1v) is 5.45. The summed E-state index contributed by atoms with van der Waals surface area (Å²) in [6, 6.07) is 8.40. The van der Waals surface area contributed by atoms with E-state index in [0.29, 0.717) is 22.6 Å². The van der Waals surface area contributed by atoms with E-state index in [0.717, 1.165) is 5.69 Å². The van der Waals surface area contributed by atoms with E-state index >= 15 is 0 Å². The Morgan fingerprint density at radius 3 is 2.61 bits per heavy atom.